The van der Waals surface area contributed by atoms with E-state index in [1.165, 1.54) is 20.8 Å². The van der Waals surface area contributed by atoms with Crippen LogP contribution in [0.3, 0.4) is 0 Å². The van der Waals surface area contributed by atoms with Crippen molar-refractivity contribution in [3.63, 3.8) is 0 Å². The van der Waals surface area contributed by atoms with E-state index in [2.05, 4.69) is 5.92 Å². The van der Waals surface area contributed by atoms with Crippen LogP contribution in [0.1, 0.15) is 27.2 Å². The summed E-state index contributed by atoms with van der Waals surface area (Å²) in [5, 5.41) is 0. The zero-order chi connectivity index (χ0) is 17.4. The zero-order valence-corrected chi connectivity index (χ0v) is 13.3. The Bertz CT molecular complexity index is 480. The van der Waals surface area contributed by atoms with E-state index in [1.54, 1.807) is 0 Å². The summed E-state index contributed by atoms with van der Waals surface area (Å²) in [4.78, 5) is 33.5. The summed E-state index contributed by atoms with van der Waals surface area (Å²) in [6.45, 7) is 3.58. The standard InChI is InChI=1S/C15H20O8/c1-5-6-19-15-14(22-11(4)18)13(21-10(3)17)7-12(23-15)8-20-9(2)16/h1,12-15H,6-8H2,2-4H3. The molecule has 4 unspecified atom stereocenters. The van der Waals surface area contributed by atoms with Crippen LogP contribution in [0, 0.1) is 12.3 Å². The van der Waals surface area contributed by atoms with Crippen molar-refractivity contribution in [1.82, 2.24) is 0 Å². The minimum absolute atomic E-state index is 0.0458. The highest BCUT2D eigenvalue weighted by Crippen LogP contribution is 2.27. The van der Waals surface area contributed by atoms with Gasteiger partial charge in [0.05, 0.1) is 6.10 Å². The Kier molecular flexibility index (Phi) is 7.51. The number of hydrogen-bond donors (Lipinski definition) is 0. The fraction of sp³-hybridized carbons (Fsp3) is 0.667. The molecule has 0 aromatic carbocycles. The van der Waals surface area contributed by atoms with Gasteiger partial charge in [-0.2, -0.15) is 0 Å². The third-order valence-electron chi connectivity index (χ3n) is 2.88. The Labute approximate surface area is 134 Å². The van der Waals surface area contributed by atoms with E-state index in [0.29, 0.717) is 0 Å². The second kappa shape index (κ2) is 9.12. The lowest BCUT2D eigenvalue weighted by Gasteiger charge is -2.39. The average Bonchev–Trinajstić information content (AvgIpc) is 2.44. The summed E-state index contributed by atoms with van der Waals surface area (Å²) in [6.07, 6.45) is 1.95. The van der Waals surface area contributed by atoms with Gasteiger partial charge in [-0.05, 0) is 0 Å². The molecule has 1 heterocycles. The molecular weight excluding hydrogens is 308 g/mol. The molecule has 0 amide bonds. The molecule has 0 N–H and O–H groups in total. The summed E-state index contributed by atoms with van der Waals surface area (Å²) in [5.74, 6) is 0.677. The molecular formula is C15H20O8. The van der Waals surface area contributed by atoms with Crippen molar-refractivity contribution in [2.45, 2.75) is 51.8 Å². The lowest BCUT2D eigenvalue weighted by molar-refractivity contribution is -0.275. The highest BCUT2D eigenvalue weighted by molar-refractivity contribution is 5.67. The molecule has 1 aliphatic heterocycles. The average molecular weight is 328 g/mol. The maximum Gasteiger partial charge on any atom is 0.303 e. The molecule has 23 heavy (non-hydrogen) atoms. The molecule has 0 aliphatic carbocycles. The minimum Gasteiger partial charge on any atom is -0.463 e. The number of carbonyl (C=O) groups excluding carboxylic acids is 3. The van der Waals surface area contributed by atoms with E-state index >= 15 is 0 Å². The molecule has 1 rings (SSSR count). The molecule has 1 aliphatic rings. The van der Waals surface area contributed by atoms with Crippen LogP contribution in [0.2, 0.25) is 0 Å². The Morgan fingerprint density at radius 3 is 2.30 bits per heavy atom. The van der Waals surface area contributed by atoms with Crippen molar-refractivity contribution in [2.75, 3.05) is 13.2 Å². The van der Waals surface area contributed by atoms with Crippen LogP contribution in [-0.4, -0.2) is 55.7 Å². The fourth-order valence-electron chi connectivity index (χ4n) is 2.12. The van der Waals surface area contributed by atoms with Crippen LogP contribution in [0.15, 0.2) is 0 Å². The Hall–Kier alpha value is -2.11. The third kappa shape index (κ3) is 6.67. The van der Waals surface area contributed by atoms with Gasteiger partial charge in [-0.3, -0.25) is 14.4 Å². The van der Waals surface area contributed by atoms with Crippen molar-refractivity contribution < 1.29 is 38.1 Å². The lowest BCUT2D eigenvalue weighted by Crippen LogP contribution is -2.53. The Balaban J connectivity index is 2.88. The summed E-state index contributed by atoms with van der Waals surface area (Å²) >= 11 is 0. The van der Waals surface area contributed by atoms with Crippen LogP contribution >= 0.6 is 0 Å². The highest BCUT2D eigenvalue weighted by Gasteiger charge is 2.44. The van der Waals surface area contributed by atoms with Gasteiger partial charge in [-0.25, -0.2) is 0 Å². The van der Waals surface area contributed by atoms with Crippen LogP contribution in [-0.2, 0) is 38.1 Å². The molecule has 8 nitrogen and oxygen atoms in total. The van der Waals surface area contributed by atoms with Crippen molar-refractivity contribution in [2.24, 2.45) is 0 Å². The first-order valence-electron chi connectivity index (χ1n) is 7.01. The first kappa shape index (κ1) is 18.9. The summed E-state index contributed by atoms with van der Waals surface area (Å²) in [6, 6.07) is 0. The largest absolute Gasteiger partial charge is 0.463 e. The van der Waals surface area contributed by atoms with E-state index in [0.717, 1.165) is 0 Å². The van der Waals surface area contributed by atoms with Gasteiger partial charge in [0.15, 0.2) is 12.4 Å². The van der Waals surface area contributed by atoms with Gasteiger partial charge in [0.1, 0.15) is 19.3 Å². The van der Waals surface area contributed by atoms with Crippen molar-refractivity contribution >= 4 is 17.9 Å². The predicted molar refractivity (Wildman–Crippen MR) is 75.8 cm³/mol. The Morgan fingerprint density at radius 2 is 1.78 bits per heavy atom. The molecule has 0 radical (unpaired) electrons. The monoisotopic (exact) mass is 328 g/mol. The van der Waals surface area contributed by atoms with Crippen molar-refractivity contribution in [1.29, 1.82) is 0 Å². The van der Waals surface area contributed by atoms with E-state index in [-0.39, 0.29) is 19.6 Å². The number of rotatable bonds is 6. The zero-order valence-electron chi connectivity index (χ0n) is 13.3. The van der Waals surface area contributed by atoms with Gasteiger partial charge in [0.25, 0.3) is 0 Å². The molecule has 1 fully saturated rings. The Morgan fingerprint density at radius 1 is 1.13 bits per heavy atom. The molecule has 1 saturated heterocycles. The van der Waals surface area contributed by atoms with Crippen LogP contribution < -0.4 is 0 Å². The third-order valence-corrected chi connectivity index (χ3v) is 2.88. The number of carbonyl (C=O) groups is 3. The lowest BCUT2D eigenvalue weighted by atomic mass is 10.0. The number of hydrogen-bond acceptors (Lipinski definition) is 8. The van der Waals surface area contributed by atoms with Crippen LogP contribution in [0.4, 0.5) is 0 Å². The molecule has 4 atom stereocenters. The van der Waals surface area contributed by atoms with Gasteiger partial charge in [-0.1, -0.05) is 5.92 Å². The summed E-state index contributed by atoms with van der Waals surface area (Å²) < 4.78 is 26.2. The van der Waals surface area contributed by atoms with Crippen molar-refractivity contribution in [3.8, 4) is 12.3 Å². The van der Waals surface area contributed by atoms with Gasteiger partial charge < -0.3 is 23.7 Å². The van der Waals surface area contributed by atoms with E-state index in [9.17, 15) is 14.4 Å². The second-order valence-electron chi connectivity index (χ2n) is 4.90. The summed E-state index contributed by atoms with van der Waals surface area (Å²) in [7, 11) is 0. The van der Waals surface area contributed by atoms with Crippen LogP contribution in [0.25, 0.3) is 0 Å². The number of ether oxygens (including phenoxy) is 5. The normalized spacial score (nSPS) is 26.7. The minimum atomic E-state index is -1.03. The number of terminal acetylenes is 1. The van der Waals surface area contributed by atoms with Gasteiger partial charge in [-0.15, -0.1) is 6.42 Å². The fourth-order valence-corrected chi connectivity index (χ4v) is 2.12. The summed E-state index contributed by atoms with van der Waals surface area (Å²) in [5.41, 5.74) is 0. The molecule has 128 valence electrons. The van der Waals surface area contributed by atoms with Crippen molar-refractivity contribution in [3.05, 3.63) is 0 Å². The highest BCUT2D eigenvalue weighted by atomic mass is 16.7. The molecule has 0 aromatic rings. The molecule has 0 bridgehead atoms. The van der Waals surface area contributed by atoms with E-state index in [4.69, 9.17) is 30.1 Å². The SMILES string of the molecule is C#CCOC1OC(COC(C)=O)CC(OC(C)=O)C1OC(C)=O. The van der Waals surface area contributed by atoms with Gasteiger partial charge >= 0.3 is 17.9 Å². The molecule has 0 saturated carbocycles. The van der Waals surface area contributed by atoms with Crippen LogP contribution in [0.5, 0.6) is 0 Å². The molecule has 0 aromatic heterocycles. The maximum absolute atomic E-state index is 11.3. The van der Waals surface area contributed by atoms with E-state index < -0.39 is 42.5 Å². The molecule has 0 spiro atoms. The smallest absolute Gasteiger partial charge is 0.303 e. The number of esters is 3. The first-order valence-corrected chi connectivity index (χ1v) is 7.01. The quantitative estimate of drug-likeness (QED) is 0.387. The van der Waals surface area contributed by atoms with Gasteiger partial charge in [0.2, 0.25) is 0 Å². The topological polar surface area (TPSA) is 97.4 Å². The first-order chi connectivity index (χ1) is 10.8. The predicted octanol–water partition coefficient (Wildman–Crippen LogP) is 0.178. The van der Waals surface area contributed by atoms with Gasteiger partial charge in [0, 0.05) is 27.2 Å². The van der Waals surface area contributed by atoms with E-state index in [1.807, 2.05) is 0 Å². The molecule has 8 heteroatoms. The maximum atomic E-state index is 11.3. The second-order valence-corrected chi connectivity index (χ2v) is 4.90.